The summed E-state index contributed by atoms with van der Waals surface area (Å²) in [5.74, 6) is -0.235. The van der Waals surface area contributed by atoms with E-state index in [1.165, 1.54) is 11.1 Å². The minimum Gasteiger partial charge on any atom is -0.507 e. The van der Waals surface area contributed by atoms with Gasteiger partial charge in [-0.15, -0.1) is 0 Å². The van der Waals surface area contributed by atoms with Crippen molar-refractivity contribution < 1.29 is 10.6 Å². The van der Waals surface area contributed by atoms with Crippen molar-refractivity contribution in [3.05, 3.63) is 192 Å². The SMILES string of the molecule is [2H]C([2H])([2H])c1cc(-c2c(C(C)(CC)CC)cccc2C(C)(CC)CC)ccc1-n1c(-c2ccccc2O)nc2c(-c3cc(-c4ccccc4)cc(-c4cc(-c5ccc(C([2H])(C)C)cc5)ccn4)c3)cccc21. The number of para-hydroxylation sites is 2. The normalized spacial score (nSPS) is 13.2. The van der Waals surface area contributed by atoms with Crippen molar-refractivity contribution in [2.24, 2.45) is 0 Å². The van der Waals surface area contributed by atoms with Crippen molar-refractivity contribution in [1.29, 1.82) is 0 Å². The zero-order chi connectivity index (χ0) is 51.2. The molecule has 4 nitrogen and oxygen atoms in total. The van der Waals surface area contributed by atoms with E-state index < -0.39 is 12.7 Å². The maximum absolute atomic E-state index is 11.6. The fraction of sp³-hybridized carbons (Fsp3) is 0.250. The summed E-state index contributed by atoms with van der Waals surface area (Å²) in [6.45, 7) is 14.9. The van der Waals surface area contributed by atoms with Crippen molar-refractivity contribution in [2.45, 2.75) is 105 Å². The van der Waals surface area contributed by atoms with E-state index in [1.54, 1.807) is 12.1 Å². The van der Waals surface area contributed by atoms with Crippen LogP contribution in [0.1, 0.15) is 115 Å². The second-order valence-corrected chi connectivity index (χ2v) is 19.1. The number of phenols is 1. The van der Waals surface area contributed by atoms with Crippen LogP contribution in [-0.2, 0) is 10.8 Å². The van der Waals surface area contributed by atoms with Gasteiger partial charge in [0.05, 0.1) is 28.0 Å². The summed E-state index contributed by atoms with van der Waals surface area (Å²) in [5.41, 5.74) is 15.2. The van der Waals surface area contributed by atoms with Crippen LogP contribution in [0.5, 0.6) is 5.75 Å². The first kappa shape index (κ1) is 41.2. The van der Waals surface area contributed by atoms with Gasteiger partial charge < -0.3 is 5.11 Å². The number of phenolic OH excluding ortho intramolecular Hbond substituents is 1. The smallest absolute Gasteiger partial charge is 0.149 e. The van der Waals surface area contributed by atoms with Gasteiger partial charge in [0, 0.05) is 22.8 Å². The largest absolute Gasteiger partial charge is 0.507 e. The lowest BCUT2D eigenvalue weighted by Crippen LogP contribution is -2.25. The van der Waals surface area contributed by atoms with Gasteiger partial charge >= 0.3 is 0 Å². The standard InChI is InChI=1S/C64H65N3O/c1-10-63(8,11-2)54-25-20-26-55(64(9,12-3)13-4)60(54)48-33-34-57(43(7)37-48)67-58-27-19-24-52(61(58)66-62(67)53-23-17-18-28-59(53)68)50-38-49(45-21-15-14-16-22-45)39-51(40-50)56-41-47(35-36-65-56)46-31-29-44(30-32-46)42(5)6/h14-42,68H,10-13H2,1-9H3/i7D3,42D. The number of benzene rings is 7. The molecule has 7 aromatic carbocycles. The van der Waals surface area contributed by atoms with E-state index in [1.807, 2.05) is 97.4 Å². The van der Waals surface area contributed by atoms with Crippen LogP contribution in [0.15, 0.2) is 170 Å². The topological polar surface area (TPSA) is 50.9 Å². The molecule has 342 valence electrons. The fourth-order valence-electron chi connectivity index (χ4n) is 9.93. The maximum atomic E-state index is 11.6. The molecule has 1 N–H and O–H groups in total. The highest BCUT2D eigenvalue weighted by atomic mass is 16.3. The molecule has 0 saturated carbocycles. The molecular weight excluding hydrogens is 827 g/mol. The maximum Gasteiger partial charge on any atom is 0.149 e. The van der Waals surface area contributed by atoms with Gasteiger partial charge in [-0.05, 0) is 171 Å². The van der Waals surface area contributed by atoms with E-state index in [0.717, 1.165) is 87.0 Å². The van der Waals surface area contributed by atoms with Gasteiger partial charge in [0.15, 0.2) is 0 Å². The van der Waals surface area contributed by atoms with Crippen LogP contribution in [0.3, 0.4) is 0 Å². The molecule has 0 spiro atoms. The van der Waals surface area contributed by atoms with Gasteiger partial charge in [0.2, 0.25) is 0 Å². The summed E-state index contributed by atoms with van der Waals surface area (Å²) in [4.78, 5) is 10.3. The van der Waals surface area contributed by atoms with Gasteiger partial charge in [-0.2, -0.15) is 0 Å². The van der Waals surface area contributed by atoms with Crippen LogP contribution in [0.25, 0.3) is 83.9 Å². The number of aromatic nitrogens is 3. The van der Waals surface area contributed by atoms with Crippen molar-refractivity contribution >= 4 is 11.0 Å². The molecule has 0 aliphatic rings. The van der Waals surface area contributed by atoms with E-state index in [2.05, 4.69) is 120 Å². The lowest BCUT2D eigenvalue weighted by molar-refractivity contribution is 0.426. The lowest BCUT2D eigenvalue weighted by atomic mass is 9.68. The van der Waals surface area contributed by atoms with E-state index in [-0.39, 0.29) is 22.1 Å². The molecule has 0 amide bonds. The third kappa shape index (κ3) is 8.47. The van der Waals surface area contributed by atoms with Crippen LogP contribution in [-0.4, -0.2) is 19.6 Å². The Kier molecular flexibility index (Phi) is 11.5. The van der Waals surface area contributed by atoms with E-state index in [4.69, 9.17) is 11.3 Å². The van der Waals surface area contributed by atoms with Crippen LogP contribution in [0, 0.1) is 6.85 Å². The van der Waals surface area contributed by atoms with Crippen molar-refractivity contribution in [3.63, 3.8) is 0 Å². The Balaban J connectivity index is 1.29. The molecule has 68 heavy (non-hydrogen) atoms. The summed E-state index contributed by atoms with van der Waals surface area (Å²) < 4.78 is 38.1. The zero-order valence-electron chi connectivity index (χ0n) is 44.8. The zero-order valence-corrected chi connectivity index (χ0v) is 40.8. The number of aryl methyl sites for hydroxylation is 1. The second kappa shape index (κ2) is 18.9. The van der Waals surface area contributed by atoms with Gasteiger partial charge in [0.1, 0.15) is 11.6 Å². The number of hydrogen-bond acceptors (Lipinski definition) is 3. The van der Waals surface area contributed by atoms with Gasteiger partial charge in [0.25, 0.3) is 0 Å². The predicted octanol–water partition coefficient (Wildman–Crippen LogP) is 17.7. The highest BCUT2D eigenvalue weighted by Crippen LogP contribution is 2.47. The fourth-order valence-corrected chi connectivity index (χ4v) is 9.93. The van der Waals surface area contributed by atoms with E-state index in [9.17, 15) is 9.22 Å². The van der Waals surface area contributed by atoms with E-state index in [0.29, 0.717) is 28.1 Å². The number of fused-ring (bicyclic) bond motifs is 1. The molecule has 4 heteroatoms. The first-order valence-electron chi connectivity index (χ1n) is 26.3. The first-order valence-corrected chi connectivity index (χ1v) is 24.3. The van der Waals surface area contributed by atoms with Crippen molar-refractivity contribution in [2.75, 3.05) is 0 Å². The molecule has 0 bridgehead atoms. The average molecular weight is 896 g/mol. The predicted molar refractivity (Wildman–Crippen MR) is 288 cm³/mol. The Morgan fingerprint density at radius 3 is 1.84 bits per heavy atom. The Labute approximate surface area is 410 Å². The van der Waals surface area contributed by atoms with Gasteiger partial charge in [-0.3, -0.25) is 9.55 Å². The minimum atomic E-state index is -2.52. The molecule has 0 unspecified atom stereocenters. The Morgan fingerprint density at radius 1 is 0.574 bits per heavy atom. The summed E-state index contributed by atoms with van der Waals surface area (Å²) >= 11 is 0. The molecule has 9 aromatic rings. The molecule has 9 rings (SSSR count). The second-order valence-electron chi connectivity index (χ2n) is 19.1. The molecule has 2 heterocycles. The third-order valence-electron chi connectivity index (χ3n) is 15.0. The molecule has 0 saturated heterocycles. The molecule has 0 radical (unpaired) electrons. The van der Waals surface area contributed by atoms with Crippen LogP contribution in [0.4, 0.5) is 0 Å². The number of pyridine rings is 1. The summed E-state index contributed by atoms with van der Waals surface area (Å²) in [5, 5.41) is 11.6. The molecule has 2 aromatic heterocycles. The summed E-state index contributed by atoms with van der Waals surface area (Å²) in [6.07, 6.45) is 5.59. The highest BCUT2D eigenvalue weighted by molar-refractivity contribution is 5.98. The summed E-state index contributed by atoms with van der Waals surface area (Å²) in [6, 6.07) is 54.9. The Hall–Kier alpha value is -7.04. The number of aromatic hydroxyl groups is 1. The number of nitrogens with zero attached hydrogens (tertiary/aromatic N) is 3. The number of hydrogen-bond donors (Lipinski definition) is 1. The Morgan fingerprint density at radius 2 is 1.18 bits per heavy atom. The quantitative estimate of drug-likeness (QED) is 0.118. The molecule has 0 atom stereocenters. The highest BCUT2D eigenvalue weighted by Gasteiger charge is 2.33. The Bertz CT molecular complexity index is 3370. The third-order valence-corrected chi connectivity index (χ3v) is 15.0. The summed E-state index contributed by atoms with van der Waals surface area (Å²) in [7, 11) is 0. The molecular formula is C64H65N3O. The number of rotatable bonds is 14. The van der Waals surface area contributed by atoms with Gasteiger partial charge in [-0.25, -0.2) is 4.98 Å². The number of imidazole rings is 1. The van der Waals surface area contributed by atoms with Crippen LogP contribution < -0.4 is 0 Å². The minimum absolute atomic E-state index is 0.0374. The van der Waals surface area contributed by atoms with Crippen molar-refractivity contribution in [3.8, 4) is 78.6 Å². The first-order chi connectivity index (χ1) is 34.4. The molecule has 0 aliphatic heterocycles. The molecule has 0 fully saturated rings. The van der Waals surface area contributed by atoms with Crippen LogP contribution >= 0.6 is 0 Å². The molecule has 0 aliphatic carbocycles. The average Bonchev–Trinajstić information content (AvgIpc) is 3.79. The monoisotopic (exact) mass is 896 g/mol. The van der Waals surface area contributed by atoms with E-state index >= 15 is 0 Å². The van der Waals surface area contributed by atoms with Crippen LogP contribution in [0.2, 0.25) is 0 Å². The van der Waals surface area contributed by atoms with Crippen molar-refractivity contribution in [1.82, 2.24) is 14.5 Å². The lowest BCUT2D eigenvalue weighted by Gasteiger charge is -2.36. The van der Waals surface area contributed by atoms with Gasteiger partial charge in [-0.1, -0.05) is 159 Å².